The molecule has 0 fully saturated rings. The summed E-state index contributed by atoms with van der Waals surface area (Å²) in [5, 5.41) is 8.85. The van der Waals surface area contributed by atoms with Gasteiger partial charge in [0.05, 0.1) is 6.54 Å². The van der Waals surface area contributed by atoms with Crippen molar-refractivity contribution < 1.29 is 9.59 Å². The topological polar surface area (TPSA) is 70.2 Å². The second-order valence-corrected chi connectivity index (χ2v) is 6.54. The number of anilines is 2. The predicted octanol–water partition coefficient (Wildman–Crippen LogP) is 3.66. The maximum absolute atomic E-state index is 12.2. The van der Waals surface area contributed by atoms with E-state index in [4.69, 9.17) is 0 Å². The molecule has 5 heteroatoms. The van der Waals surface area contributed by atoms with Crippen molar-refractivity contribution in [3.63, 3.8) is 0 Å². The molecular weight excluding hydrogens is 314 g/mol. The van der Waals surface area contributed by atoms with E-state index in [9.17, 15) is 9.59 Å². The maximum Gasteiger partial charge on any atom is 0.251 e. The Balaban J connectivity index is 1.86. The van der Waals surface area contributed by atoms with Crippen molar-refractivity contribution in [2.24, 2.45) is 0 Å². The zero-order valence-corrected chi connectivity index (χ0v) is 14.9. The third-order valence-corrected chi connectivity index (χ3v) is 3.99. The molecule has 5 nitrogen and oxygen atoms in total. The van der Waals surface area contributed by atoms with Crippen LogP contribution < -0.4 is 16.0 Å². The lowest BCUT2D eigenvalue weighted by Crippen LogP contribution is -2.42. The van der Waals surface area contributed by atoms with Gasteiger partial charge in [0.15, 0.2) is 0 Å². The molecule has 0 saturated carbocycles. The lowest BCUT2D eigenvalue weighted by Gasteiger charge is -2.24. The number of nitrogens with one attached hydrogen (secondary N) is 3. The average molecular weight is 339 g/mol. The molecule has 0 heterocycles. The molecule has 2 aromatic carbocycles. The number of para-hydroxylation sites is 1. The molecule has 132 valence electrons. The Hall–Kier alpha value is -2.82. The van der Waals surface area contributed by atoms with Crippen molar-refractivity contribution in [2.45, 2.75) is 32.7 Å². The summed E-state index contributed by atoms with van der Waals surface area (Å²) >= 11 is 0. The normalized spacial score (nSPS) is 10.8. The van der Waals surface area contributed by atoms with Crippen LogP contribution in [0.1, 0.15) is 37.6 Å². The first-order chi connectivity index (χ1) is 11.9. The highest BCUT2D eigenvalue weighted by Crippen LogP contribution is 2.13. The van der Waals surface area contributed by atoms with Crippen LogP contribution in [0, 0.1) is 0 Å². The third-order valence-electron chi connectivity index (χ3n) is 3.99. The van der Waals surface area contributed by atoms with Crippen LogP contribution in [-0.2, 0) is 4.79 Å². The van der Waals surface area contributed by atoms with Gasteiger partial charge >= 0.3 is 0 Å². The molecule has 2 amide bonds. The van der Waals surface area contributed by atoms with Crippen LogP contribution in [-0.4, -0.2) is 23.9 Å². The van der Waals surface area contributed by atoms with Crippen LogP contribution >= 0.6 is 0 Å². The minimum absolute atomic E-state index is 0.0970. The van der Waals surface area contributed by atoms with Crippen molar-refractivity contribution in [1.29, 1.82) is 0 Å². The molecule has 2 aromatic rings. The van der Waals surface area contributed by atoms with E-state index in [2.05, 4.69) is 16.0 Å². The summed E-state index contributed by atoms with van der Waals surface area (Å²) in [5.74, 6) is -0.224. The van der Waals surface area contributed by atoms with E-state index in [0.717, 1.165) is 17.8 Å². The number of rotatable bonds is 7. The van der Waals surface area contributed by atoms with Crippen molar-refractivity contribution in [3.05, 3.63) is 60.2 Å². The molecule has 0 atom stereocenters. The van der Waals surface area contributed by atoms with Crippen LogP contribution in [0.2, 0.25) is 0 Å². The molecule has 0 aliphatic rings. The van der Waals surface area contributed by atoms with Gasteiger partial charge in [-0.15, -0.1) is 0 Å². The van der Waals surface area contributed by atoms with Gasteiger partial charge in [0, 0.05) is 22.5 Å². The second kappa shape index (κ2) is 8.33. The maximum atomic E-state index is 12.2. The zero-order chi connectivity index (χ0) is 18.3. The Morgan fingerprint density at radius 2 is 1.56 bits per heavy atom. The number of carbonyl (C=O) groups excluding carboxylic acids is 2. The molecule has 25 heavy (non-hydrogen) atoms. The van der Waals surface area contributed by atoms with Crippen LogP contribution in [0.5, 0.6) is 0 Å². The van der Waals surface area contributed by atoms with Crippen LogP contribution in [0.15, 0.2) is 54.6 Å². The molecule has 0 radical (unpaired) electrons. The minimum atomic E-state index is -0.233. The Bertz CT molecular complexity index is 709. The van der Waals surface area contributed by atoms with Gasteiger partial charge in [-0.1, -0.05) is 25.1 Å². The molecule has 2 rings (SSSR count). The molecule has 0 aliphatic carbocycles. The largest absolute Gasteiger partial charge is 0.376 e. The van der Waals surface area contributed by atoms with Crippen LogP contribution in [0.4, 0.5) is 11.4 Å². The van der Waals surface area contributed by atoms with Gasteiger partial charge in [0.25, 0.3) is 5.91 Å². The van der Waals surface area contributed by atoms with E-state index < -0.39 is 0 Å². The summed E-state index contributed by atoms with van der Waals surface area (Å²) in [6, 6.07) is 16.4. The van der Waals surface area contributed by atoms with Crippen LogP contribution in [0.3, 0.4) is 0 Å². The molecule has 0 spiro atoms. The highest BCUT2D eigenvalue weighted by molar-refractivity contribution is 5.95. The van der Waals surface area contributed by atoms with Gasteiger partial charge in [-0.3, -0.25) is 9.59 Å². The summed E-state index contributed by atoms with van der Waals surface area (Å²) in [6.45, 7) is 6.18. The van der Waals surface area contributed by atoms with Gasteiger partial charge in [0.1, 0.15) is 0 Å². The summed E-state index contributed by atoms with van der Waals surface area (Å²) < 4.78 is 0. The van der Waals surface area contributed by atoms with E-state index in [1.807, 2.05) is 51.1 Å². The zero-order valence-electron chi connectivity index (χ0n) is 14.9. The van der Waals surface area contributed by atoms with Crippen molar-refractivity contribution >= 4 is 23.2 Å². The quantitative estimate of drug-likeness (QED) is 0.721. The molecule has 3 N–H and O–H groups in total. The van der Waals surface area contributed by atoms with Crippen molar-refractivity contribution in [3.8, 4) is 0 Å². The highest BCUT2D eigenvalue weighted by Gasteiger charge is 2.18. The first-order valence-electron chi connectivity index (χ1n) is 8.41. The molecule has 0 saturated heterocycles. The van der Waals surface area contributed by atoms with E-state index in [1.54, 1.807) is 24.3 Å². The summed E-state index contributed by atoms with van der Waals surface area (Å²) in [7, 11) is 0. The summed E-state index contributed by atoms with van der Waals surface area (Å²) in [4.78, 5) is 24.1. The van der Waals surface area contributed by atoms with Gasteiger partial charge in [-0.05, 0) is 56.7 Å². The number of benzene rings is 2. The molecule has 0 unspecified atom stereocenters. The van der Waals surface area contributed by atoms with Gasteiger partial charge in [0.2, 0.25) is 5.91 Å². The van der Waals surface area contributed by atoms with Gasteiger partial charge in [-0.2, -0.15) is 0 Å². The minimum Gasteiger partial charge on any atom is -0.376 e. The fourth-order valence-corrected chi connectivity index (χ4v) is 2.12. The van der Waals surface area contributed by atoms with Crippen LogP contribution in [0.25, 0.3) is 0 Å². The second-order valence-electron chi connectivity index (χ2n) is 6.54. The number of hydrogen-bond acceptors (Lipinski definition) is 3. The lowest BCUT2D eigenvalue weighted by molar-refractivity contribution is -0.114. The van der Waals surface area contributed by atoms with Crippen molar-refractivity contribution in [1.82, 2.24) is 5.32 Å². The molecule has 0 bridgehead atoms. The SMILES string of the molecule is CCC(C)(C)NC(=O)c1ccc(NCC(=O)Nc2ccccc2)cc1. The fourth-order valence-electron chi connectivity index (χ4n) is 2.12. The number of carbonyl (C=O) groups is 2. The first-order valence-corrected chi connectivity index (χ1v) is 8.41. The predicted molar refractivity (Wildman–Crippen MR) is 102 cm³/mol. The van der Waals surface area contributed by atoms with E-state index >= 15 is 0 Å². The Labute approximate surface area is 148 Å². The average Bonchev–Trinajstić information content (AvgIpc) is 2.61. The smallest absolute Gasteiger partial charge is 0.251 e. The molecule has 0 aromatic heterocycles. The first kappa shape index (κ1) is 18.5. The van der Waals surface area contributed by atoms with Crippen molar-refractivity contribution in [2.75, 3.05) is 17.2 Å². The highest BCUT2D eigenvalue weighted by atomic mass is 16.2. The summed E-state index contributed by atoms with van der Waals surface area (Å²) in [6.07, 6.45) is 0.856. The van der Waals surface area contributed by atoms with E-state index in [-0.39, 0.29) is 23.9 Å². The molecule has 0 aliphatic heterocycles. The monoisotopic (exact) mass is 339 g/mol. The Kier molecular flexibility index (Phi) is 6.17. The number of hydrogen-bond donors (Lipinski definition) is 3. The van der Waals surface area contributed by atoms with Gasteiger partial charge < -0.3 is 16.0 Å². The van der Waals surface area contributed by atoms with Gasteiger partial charge in [-0.25, -0.2) is 0 Å². The van der Waals surface area contributed by atoms with E-state index in [0.29, 0.717) is 5.56 Å². The Morgan fingerprint density at radius 3 is 2.16 bits per heavy atom. The standard InChI is InChI=1S/C20H25N3O2/c1-4-20(2,3)23-19(25)15-10-12-16(13-11-15)21-14-18(24)22-17-8-6-5-7-9-17/h5-13,21H,4,14H2,1-3H3,(H,22,24)(H,23,25). The third kappa shape index (κ3) is 5.95. The lowest BCUT2D eigenvalue weighted by atomic mass is 10.0. The Morgan fingerprint density at radius 1 is 0.920 bits per heavy atom. The molecular formula is C20H25N3O2. The number of amides is 2. The summed E-state index contributed by atoms with van der Waals surface area (Å²) in [5.41, 5.74) is 1.92. The van der Waals surface area contributed by atoms with E-state index in [1.165, 1.54) is 0 Å². The fraction of sp³-hybridized carbons (Fsp3) is 0.300.